The lowest BCUT2D eigenvalue weighted by molar-refractivity contribution is -0.136. The minimum Gasteiger partial charge on any atom is -0.166 e. The second-order valence-corrected chi connectivity index (χ2v) is 4.01. The molecular formula is C10H7F3S. The van der Waals surface area contributed by atoms with Gasteiger partial charge in [-0.1, -0.05) is 6.07 Å². The van der Waals surface area contributed by atoms with Crippen LogP contribution in [0.25, 0.3) is 10.1 Å². The zero-order valence-electron chi connectivity index (χ0n) is 7.35. The molecule has 0 unspecified atom stereocenters. The predicted octanol–water partition coefficient (Wildman–Crippen LogP) is 4.23. The van der Waals surface area contributed by atoms with E-state index < -0.39 is 11.7 Å². The Hall–Kier alpha value is -1.03. The van der Waals surface area contributed by atoms with Gasteiger partial charge in [-0.2, -0.15) is 13.2 Å². The Kier molecular flexibility index (Phi) is 2.03. The van der Waals surface area contributed by atoms with E-state index in [1.165, 1.54) is 17.4 Å². The first-order valence-electron chi connectivity index (χ1n) is 4.04. The van der Waals surface area contributed by atoms with E-state index in [1.54, 1.807) is 18.4 Å². The molecule has 14 heavy (non-hydrogen) atoms. The van der Waals surface area contributed by atoms with Crippen LogP contribution in [0.3, 0.4) is 0 Å². The number of alkyl halides is 3. The number of rotatable bonds is 0. The molecule has 0 amide bonds. The van der Waals surface area contributed by atoms with E-state index in [9.17, 15) is 13.2 Å². The Labute approximate surface area is 83.0 Å². The van der Waals surface area contributed by atoms with Crippen LogP contribution in [0, 0.1) is 6.92 Å². The van der Waals surface area contributed by atoms with Gasteiger partial charge in [0.05, 0.1) is 5.56 Å². The molecule has 0 aliphatic rings. The molecule has 0 saturated heterocycles. The van der Waals surface area contributed by atoms with Gasteiger partial charge < -0.3 is 0 Å². The van der Waals surface area contributed by atoms with E-state index in [0.29, 0.717) is 15.6 Å². The summed E-state index contributed by atoms with van der Waals surface area (Å²) in [6, 6.07) is 4.28. The topological polar surface area (TPSA) is 0 Å². The van der Waals surface area contributed by atoms with E-state index in [0.717, 1.165) is 6.07 Å². The molecule has 74 valence electrons. The van der Waals surface area contributed by atoms with Crippen molar-refractivity contribution in [2.45, 2.75) is 13.1 Å². The van der Waals surface area contributed by atoms with Crippen LogP contribution in [-0.2, 0) is 6.18 Å². The summed E-state index contributed by atoms with van der Waals surface area (Å²) in [6.45, 7) is 1.70. The van der Waals surface area contributed by atoms with Crippen LogP contribution in [0.5, 0.6) is 0 Å². The smallest absolute Gasteiger partial charge is 0.166 e. The number of aryl methyl sites for hydroxylation is 1. The van der Waals surface area contributed by atoms with Gasteiger partial charge in [-0.15, -0.1) is 11.3 Å². The third-order valence-electron chi connectivity index (χ3n) is 2.09. The second-order valence-electron chi connectivity index (χ2n) is 3.10. The fourth-order valence-electron chi connectivity index (χ4n) is 1.48. The Morgan fingerprint density at radius 3 is 2.57 bits per heavy atom. The molecule has 1 aromatic carbocycles. The second kappa shape index (κ2) is 2.98. The summed E-state index contributed by atoms with van der Waals surface area (Å²) in [4.78, 5) is 0. The standard InChI is InChI=1S/C10H7F3S/c1-6-5-14-8-4-2-3-7(9(6)8)10(11,12)13/h2-5H,1H3. The van der Waals surface area contributed by atoms with E-state index >= 15 is 0 Å². The first-order chi connectivity index (χ1) is 6.50. The van der Waals surface area contributed by atoms with Crippen LogP contribution in [0.2, 0.25) is 0 Å². The molecule has 0 radical (unpaired) electrons. The molecule has 2 rings (SSSR count). The minimum atomic E-state index is -4.26. The lowest BCUT2D eigenvalue weighted by Crippen LogP contribution is -2.05. The summed E-state index contributed by atoms with van der Waals surface area (Å²) in [5.41, 5.74) is 0.159. The number of halogens is 3. The molecule has 0 aliphatic heterocycles. The van der Waals surface area contributed by atoms with Crippen molar-refractivity contribution in [2.75, 3.05) is 0 Å². The summed E-state index contributed by atoms with van der Waals surface area (Å²) in [5, 5.41) is 2.09. The van der Waals surface area contributed by atoms with E-state index in [-0.39, 0.29) is 0 Å². The minimum absolute atomic E-state index is 0.338. The van der Waals surface area contributed by atoms with Crippen LogP contribution < -0.4 is 0 Å². The molecule has 0 N–H and O–H groups in total. The maximum atomic E-state index is 12.6. The zero-order chi connectivity index (χ0) is 10.3. The van der Waals surface area contributed by atoms with Crippen molar-refractivity contribution in [1.29, 1.82) is 0 Å². The number of hydrogen-bond acceptors (Lipinski definition) is 1. The molecule has 1 aromatic heterocycles. The zero-order valence-corrected chi connectivity index (χ0v) is 8.17. The summed E-state index contributed by atoms with van der Waals surface area (Å²) in [6.07, 6.45) is -4.26. The molecule has 1 heterocycles. The normalized spacial score (nSPS) is 12.3. The number of fused-ring (bicyclic) bond motifs is 1. The van der Waals surface area contributed by atoms with Gasteiger partial charge in [0.25, 0.3) is 0 Å². The van der Waals surface area contributed by atoms with Crippen molar-refractivity contribution in [3.63, 3.8) is 0 Å². The molecule has 0 spiro atoms. The van der Waals surface area contributed by atoms with Gasteiger partial charge in [-0.05, 0) is 30.0 Å². The highest BCUT2D eigenvalue weighted by Crippen LogP contribution is 2.38. The van der Waals surface area contributed by atoms with Crippen molar-refractivity contribution in [3.05, 3.63) is 34.7 Å². The fraction of sp³-hybridized carbons (Fsp3) is 0.200. The number of benzene rings is 1. The summed E-state index contributed by atoms with van der Waals surface area (Å²) in [7, 11) is 0. The highest BCUT2D eigenvalue weighted by atomic mass is 32.1. The predicted molar refractivity (Wildman–Crippen MR) is 51.6 cm³/mol. The third kappa shape index (κ3) is 1.39. The summed E-state index contributed by atoms with van der Waals surface area (Å²) < 4.78 is 38.4. The molecule has 4 heteroatoms. The van der Waals surface area contributed by atoms with E-state index in [2.05, 4.69) is 0 Å². The van der Waals surface area contributed by atoms with Gasteiger partial charge in [0.1, 0.15) is 0 Å². The van der Waals surface area contributed by atoms with Gasteiger partial charge in [0, 0.05) is 10.1 Å². The molecule has 0 aliphatic carbocycles. The van der Waals surface area contributed by atoms with Gasteiger partial charge in [0.15, 0.2) is 0 Å². The molecule has 0 atom stereocenters. The first-order valence-corrected chi connectivity index (χ1v) is 4.92. The van der Waals surface area contributed by atoms with Crippen molar-refractivity contribution in [1.82, 2.24) is 0 Å². The SMILES string of the molecule is Cc1csc2cccc(C(F)(F)F)c12. The van der Waals surface area contributed by atoms with Crippen molar-refractivity contribution in [3.8, 4) is 0 Å². The third-order valence-corrected chi connectivity index (χ3v) is 3.15. The number of hydrogen-bond donors (Lipinski definition) is 0. The number of thiophene rings is 1. The Morgan fingerprint density at radius 1 is 1.21 bits per heavy atom. The van der Waals surface area contributed by atoms with Gasteiger partial charge in [0.2, 0.25) is 0 Å². The summed E-state index contributed by atoms with van der Waals surface area (Å²) >= 11 is 1.34. The Bertz CT molecular complexity index is 468. The van der Waals surface area contributed by atoms with Crippen LogP contribution in [-0.4, -0.2) is 0 Å². The van der Waals surface area contributed by atoms with Gasteiger partial charge >= 0.3 is 6.18 Å². The lowest BCUT2D eigenvalue weighted by Gasteiger charge is -2.08. The van der Waals surface area contributed by atoms with Crippen molar-refractivity contribution >= 4 is 21.4 Å². The van der Waals surface area contributed by atoms with Gasteiger partial charge in [-0.3, -0.25) is 0 Å². The quantitative estimate of drug-likeness (QED) is 0.618. The molecule has 2 aromatic rings. The average Bonchev–Trinajstić information content (AvgIpc) is 2.46. The van der Waals surface area contributed by atoms with Crippen LogP contribution in [0.15, 0.2) is 23.6 Å². The van der Waals surface area contributed by atoms with Gasteiger partial charge in [-0.25, -0.2) is 0 Å². The maximum absolute atomic E-state index is 12.6. The first kappa shape index (κ1) is 9.52. The largest absolute Gasteiger partial charge is 0.417 e. The summed E-state index contributed by atoms with van der Waals surface area (Å²) in [5.74, 6) is 0. The highest BCUT2D eigenvalue weighted by Gasteiger charge is 2.33. The van der Waals surface area contributed by atoms with Crippen molar-refractivity contribution in [2.24, 2.45) is 0 Å². The molecule has 0 bridgehead atoms. The molecule has 0 fully saturated rings. The van der Waals surface area contributed by atoms with E-state index in [1.807, 2.05) is 0 Å². The maximum Gasteiger partial charge on any atom is 0.417 e. The lowest BCUT2D eigenvalue weighted by atomic mass is 10.1. The Balaban J connectivity index is 2.82. The van der Waals surface area contributed by atoms with Crippen LogP contribution in [0.1, 0.15) is 11.1 Å². The molecule has 0 nitrogen and oxygen atoms in total. The van der Waals surface area contributed by atoms with Crippen LogP contribution >= 0.6 is 11.3 Å². The van der Waals surface area contributed by atoms with E-state index in [4.69, 9.17) is 0 Å². The Morgan fingerprint density at radius 2 is 1.93 bits per heavy atom. The molecule has 0 saturated carbocycles. The highest BCUT2D eigenvalue weighted by molar-refractivity contribution is 7.17. The fourth-order valence-corrected chi connectivity index (χ4v) is 2.45. The van der Waals surface area contributed by atoms with Crippen LogP contribution in [0.4, 0.5) is 13.2 Å². The monoisotopic (exact) mass is 216 g/mol. The van der Waals surface area contributed by atoms with Crippen molar-refractivity contribution < 1.29 is 13.2 Å². The average molecular weight is 216 g/mol. The molecular weight excluding hydrogens is 209 g/mol.